The van der Waals surface area contributed by atoms with Crippen LogP contribution in [-0.2, 0) is 6.42 Å². The lowest BCUT2D eigenvalue weighted by molar-refractivity contribution is 0.545. The van der Waals surface area contributed by atoms with E-state index in [4.69, 9.17) is 11.6 Å². The molecular formula is C17H18BrClFN. The summed E-state index contributed by atoms with van der Waals surface area (Å²) in [4.78, 5) is 0. The molecule has 0 saturated carbocycles. The summed E-state index contributed by atoms with van der Waals surface area (Å²) >= 11 is 9.51. The minimum atomic E-state index is -0.192. The number of halogens is 3. The van der Waals surface area contributed by atoms with E-state index in [9.17, 15) is 4.39 Å². The summed E-state index contributed by atoms with van der Waals surface area (Å²) in [5.41, 5.74) is 3.26. The number of aryl methyl sites for hydroxylation is 1. The summed E-state index contributed by atoms with van der Waals surface area (Å²) in [7, 11) is 0. The lowest BCUT2D eigenvalue weighted by atomic mass is 9.96. The quantitative estimate of drug-likeness (QED) is 0.738. The Kier molecular flexibility index (Phi) is 5.80. The molecule has 2 rings (SSSR count). The summed E-state index contributed by atoms with van der Waals surface area (Å²) in [5, 5.41) is 4.15. The van der Waals surface area contributed by atoms with Crippen LogP contribution in [0.25, 0.3) is 0 Å². The first-order chi connectivity index (χ1) is 10.0. The topological polar surface area (TPSA) is 12.0 Å². The van der Waals surface area contributed by atoms with Gasteiger partial charge in [0.1, 0.15) is 5.82 Å². The Morgan fingerprint density at radius 1 is 1.24 bits per heavy atom. The number of benzene rings is 2. The third-order valence-electron chi connectivity index (χ3n) is 3.53. The van der Waals surface area contributed by atoms with Crippen molar-refractivity contribution in [3.8, 4) is 0 Å². The van der Waals surface area contributed by atoms with E-state index in [0.29, 0.717) is 5.02 Å². The van der Waals surface area contributed by atoms with Crippen LogP contribution in [0, 0.1) is 12.7 Å². The van der Waals surface area contributed by atoms with Crippen LogP contribution in [0.15, 0.2) is 40.9 Å². The van der Waals surface area contributed by atoms with Crippen molar-refractivity contribution in [1.82, 2.24) is 5.32 Å². The number of hydrogen-bond donors (Lipinski definition) is 1. The monoisotopic (exact) mass is 369 g/mol. The molecule has 21 heavy (non-hydrogen) atoms. The van der Waals surface area contributed by atoms with E-state index in [1.54, 1.807) is 6.07 Å². The van der Waals surface area contributed by atoms with Crippen molar-refractivity contribution >= 4 is 27.5 Å². The van der Waals surface area contributed by atoms with Gasteiger partial charge >= 0.3 is 0 Å². The van der Waals surface area contributed by atoms with Crippen LogP contribution in [-0.4, -0.2) is 6.54 Å². The fourth-order valence-corrected chi connectivity index (χ4v) is 2.88. The molecule has 1 unspecified atom stereocenters. The molecule has 1 nitrogen and oxygen atoms in total. The van der Waals surface area contributed by atoms with Crippen molar-refractivity contribution in [2.75, 3.05) is 6.54 Å². The van der Waals surface area contributed by atoms with Crippen LogP contribution in [0.5, 0.6) is 0 Å². The molecule has 0 heterocycles. The summed E-state index contributed by atoms with van der Waals surface area (Å²) in [6.45, 7) is 4.92. The summed E-state index contributed by atoms with van der Waals surface area (Å²) in [6.07, 6.45) is 0.742. The summed E-state index contributed by atoms with van der Waals surface area (Å²) in [6, 6.07) is 11.0. The van der Waals surface area contributed by atoms with Gasteiger partial charge in [-0.05, 0) is 76.8 Å². The van der Waals surface area contributed by atoms with Gasteiger partial charge in [0.2, 0.25) is 0 Å². The first-order valence-electron chi connectivity index (χ1n) is 6.94. The standard InChI is InChI=1S/C17H18BrClFN/c1-3-21-17(12-5-7-16(19)15(18)9-12)10-13-8-14(20)6-4-11(13)2/h4-9,17,21H,3,10H2,1-2H3. The lowest BCUT2D eigenvalue weighted by Gasteiger charge is -2.20. The van der Waals surface area contributed by atoms with Crippen LogP contribution < -0.4 is 5.32 Å². The van der Waals surface area contributed by atoms with Crippen molar-refractivity contribution in [2.45, 2.75) is 26.3 Å². The molecule has 2 aromatic rings. The van der Waals surface area contributed by atoms with E-state index in [2.05, 4.69) is 28.2 Å². The second kappa shape index (κ2) is 7.39. The molecule has 4 heteroatoms. The number of nitrogens with one attached hydrogen (secondary N) is 1. The molecule has 0 spiro atoms. The zero-order chi connectivity index (χ0) is 15.4. The Balaban J connectivity index is 2.30. The predicted octanol–water partition coefficient (Wildman–Crippen LogP) is 5.44. The smallest absolute Gasteiger partial charge is 0.123 e. The van der Waals surface area contributed by atoms with Crippen LogP contribution in [0.1, 0.15) is 29.7 Å². The van der Waals surface area contributed by atoms with Gasteiger partial charge in [-0.3, -0.25) is 0 Å². The Bertz CT molecular complexity index is 630. The molecule has 0 fully saturated rings. The average molecular weight is 371 g/mol. The molecule has 1 N–H and O–H groups in total. The van der Waals surface area contributed by atoms with Crippen molar-refractivity contribution in [1.29, 1.82) is 0 Å². The predicted molar refractivity (Wildman–Crippen MR) is 90.4 cm³/mol. The van der Waals surface area contributed by atoms with E-state index < -0.39 is 0 Å². The van der Waals surface area contributed by atoms with Gasteiger partial charge in [0.15, 0.2) is 0 Å². The first-order valence-corrected chi connectivity index (χ1v) is 8.11. The van der Waals surface area contributed by atoms with Crippen LogP contribution >= 0.6 is 27.5 Å². The highest BCUT2D eigenvalue weighted by Crippen LogP contribution is 2.28. The van der Waals surface area contributed by atoms with E-state index in [1.807, 2.05) is 31.2 Å². The Morgan fingerprint density at radius 2 is 2.00 bits per heavy atom. The Hall–Kier alpha value is -0.900. The highest BCUT2D eigenvalue weighted by Gasteiger charge is 2.14. The normalized spacial score (nSPS) is 12.4. The van der Waals surface area contributed by atoms with E-state index >= 15 is 0 Å². The molecule has 2 aromatic carbocycles. The third-order valence-corrected chi connectivity index (χ3v) is 4.75. The van der Waals surface area contributed by atoms with Gasteiger partial charge in [-0.15, -0.1) is 0 Å². The van der Waals surface area contributed by atoms with Crippen molar-refractivity contribution in [3.05, 3.63) is 68.4 Å². The fraction of sp³-hybridized carbons (Fsp3) is 0.294. The SMILES string of the molecule is CCNC(Cc1cc(F)ccc1C)c1ccc(Cl)c(Br)c1. The molecule has 0 aliphatic heterocycles. The minimum Gasteiger partial charge on any atom is -0.310 e. The van der Waals surface area contributed by atoms with E-state index in [1.165, 1.54) is 6.07 Å². The van der Waals surface area contributed by atoms with Crippen LogP contribution in [0.2, 0.25) is 5.02 Å². The highest BCUT2D eigenvalue weighted by atomic mass is 79.9. The number of hydrogen-bond acceptors (Lipinski definition) is 1. The van der Waals surface area contributed by atoms with Crippen LogP contribution in [0.4, 0.5) is 4.39 Å². The third kappa shape index (κ3) is 4.29. The van der Waals surface area contributed by atoms with Crippen LogP contribution in [0.3, 0.4) is 0 Å². The second-order valence-corrected chi connectivity index (χ2v) is 6.32. The molecule has 0 amide bonds. The molecule has 0 aromatic heterocycles. The molecule has 1 atom stereocenters. The Morgan fingerprint density at radius 3 is 2.67 bits per heavy atom. The maximum absolute atomic E-state index is 13.5. The molecule has 112 valence electrons. The summed E-state index contributed by atoms with van der Waals surface area (Å²) < 4.78 is 14.3. The molecular weight excluding hydrogens is 353 g/mol. The zero-order valence-corrected chi connectivity index (χ0v) is 14.4. The average Bonchev–Trinajstić information content (AvgIpc) is 2.45. The largest absolute Gasteiger partial charge is 0.310 e. The van der Waals surface area contributed by atoms with Gasteiger partial charge in [0.25, 0.3) is 0 Å². The maximum Gasteiger partial charge on any atom is 0.123 e. The van der Waals surface area contributed by atoms with Gasteiger partial charge in [0.05, 0.1) is 5.02 Å². The second-order valence-electron chi connectivity index (χ2n) is 5.06. The number of likely N-dealkylation sites (N-methyl/N-ethyl adjacent to an activating group) is 1. The number of rotatable bonds is 5. The molecule has 0 aliphatic carbocycles. The zero-order valence-electron chi connectivity index (χ0n) is 12.1. The van der Waals surface area contributed by atoms with Gasteiger partial charge in [-0.2, -0.15) is 0 Å². The fourth-order valence-electron chi connectivity index (χ4n) is 2.36. The highest BCUT2D eigenvalue weighted by molar-refractivity contribution is 9.10. The lowest BCUT2D eigenvalue weighted by Crippen LogP contribution is -2.23. The minimum absolute atomic E-state index is 0.129. The van der Waals surface area contributed by atoms with Gasteiger partial charge in [-0.1, -0.05) is 30.7 Å². The molecule has 0 aliphatic rings. The van der Waals surface area contributed by atoms with Gasteiger partial charge in [0, 0.05) is 10.5 Å². The Labute approximate surface area is 138 Å². The molecule has 0 radical (unpaired) electrons. The van der Waals surface area contributed by atoms with Crippen molar-refractivity contribution in [3.63, 3.8) is 0 Å². The molecule has 0 bridgehead atoms. The van der Waals surface area contributed by atoms with E-state index in [-0.39, 0.29) is 11.9 Å². The maximum atomic E-state index is 13.5. The van der Waals surface area contributed by atoms with Crippen molar-refractivity contribution in [2.24, 2.45) is 0 Å². The van der Waals surface area contributed by atoms with Crippen molar-refractivity contribution < 1.29 is 4.39 Å². The van der Waals surface area contributed by atoms with Gasteiger partial charge < -0.3 is 5.32 Å². The van der Waals surface area contributed by atoms with E-state index in [0.717, 1.165) is 34.1 Å². The summed E-state index contributed by atoms with van der Waals surface area (Å²) in [5.74, 6) is -0.192. The van der Waals surface area contributed by atoms with Gasteiger partial charge in [-0.25, -0.2) is 4.39 Å². The first kappa shape index (κ1) is 16.5. The molecule has 0 saturated heterocycles.